The van der Waals surface area contributed by atoms with Gasteiger partial charge in [0.15, 0.2) is 0 Å². The number of amides is 2. The number of methoxy groups -OCH3 is 1. The van der Waals surface area contributed by atoms with Crippen LogP contribution in [0.15, 0.2) is 42.5 Å². The highest BCUT2D eigenvalue weighted by atomic mass is 19.1. The summed E-state index contributed by atoms with van der Waals surface area (Å²) in [7, 11) is 1.44. The number of benzene rings is 2. The molecular formula is C16H15FN2O3. The second-order valence-electron chi connectivity index (χ2n) is 4.56. The molecule has 0 radical (unpaired) electrons. The van der Waals surface area contributed by atoms with Crippen molar-refractivity contribution in [1.82, 2.24) is 0 Å². The normalized spacial score (nSPS) is 9.95. The molecule has 0 saturated heterocycles. The van der Waals surface area contributed by atoms with Crippen molar-refractivity contribution in [2.24, 2.45) is 0 Å². The molecule has 0 bridgehead atoms. The van der Waals surface area contributed by atoms with E-state index in [1.54, 1.807) is 18.2 Å². The van der Waals surface area contributed by atoms with Gasteiger partial charge in [0.25, 0.3) is 5.91 Å². The summed E-state index contributed by atoms with van der Waals surface area (Å²) in [5.41, 5.74) is 1.03. The topological polar surface area (TPSA) is 67.4 Å². The van der Waals surface area contributed by atoms with Crippen LogP contribution in [0.2, 0.25) is 0 Å². The molecule has 0 unspecified atom stereocenters. The summed E-state index contributed by atoms with van der Waals surface area (Å²) in [6.45, 7) is 1.37. The van der Waals surface area contributed by atoms with E-state index < -0.39 is 11.7 Å². The molecule has 2 N–H and O–H groups in total. The minimum absolute atomic E-state index is 0.234. The van der Waals surface area contributed by atoms with Gasteiger partial charge in [-0.15, -0.1) is 0 Å². The summed E-state index contributed by atoms with van der Waals surface area (Å²) in [6.07, 6.45) is 0. The van der Waals surface area contributed by atoms with Crippen LogP contribution in [0.1, 0.15) is 17.3 Å². The van der Waals surface area contributed by atoms with Crippen LogP contribution >= 0.6 is 0 Å². The van der Waals surface area contributed by atoms with Crippen LogP contribution in [0.3, 0.4) is 0 Å². The number of rotatable bonds is 4. The zero-order chi connectivity index (χ0) is 16.1. The lowest BCUT2D eigenvalue weighted by Crippen LogP contribution is -2.14. The van der Waals surface area contributed by atoms with Gasteiger partial charge in [-0.1, -0.05) is 6.07 Å². The molecular weight excluding hydrogens is 287 g/mol. The van der Waals surface area contributed by atoms with Crippen LogP contribution in [0.5, 0.6) is 5.75 Å². The first-order valence-corrected chi connectivity index (χ1v) is 6.52. The molecule has 2 rings (SSSR count). The molecule has 0 aliphatic rings. The highest BCUT2D eigenvalue weighted by molar-refractivity contribution is 6.07. The summed E-state index contributed by atoms with van der Waals surface area (Å²) < 4.78 is 18.3. The number of ether oxygens (including phenoxy) is 1. The van der Waals surface area contributed by atoms with Crippen molar-refractivity contribution < 1.29 is 18.7 Å². The van der Waals surface area contributed by atoms with Gasteiger partial charge in [0.1, 0.15) is 11.6 Å². The second-order valence-corrected chi connectivity index (χ2v) is 4.56. The van der Waals surface area contributed by atoms with Gasteiger partial charge in [0.2, 0.25) is 5.91 Å². The number of anilines is 2. The maximum atomic E-state index is 13.1. The van der Waals surface area contributed by atoms with Gasteiger partial charge in [-0.2, -0.15) is 0 Å². The SMILES string of the molecule is COc1ccc(NC(C)=O)cc1C(=O)Nc1cccc(F)c1. The van der Waals surface area contributed by atoms with Crippen LogP contribution in [0.4, 0.5) is 15.8 Å². The number of nitrogens with one attached hydrogen (secondary N) is 2. The van der Waals surface area contributed by atoms with Crippen molar-refractivity contribution in [3.05, 3.63) is 53.8 Å². The zero-order valence-electron chi connectivity index (χ0n) is 12.1. The van der Waals surface area contributed by atoms with Crippen molar-refractivity contribution in [3.8, 4) is 5.75 Å². The molecule has 2 amide bonds. The fraction of sp³-hybridized carbons (Fsp3) is 0.125. The monoisotopic (exact) mass is 302 g/mol. The van der Waals surface area contributed by atoms with Gasteiger partial charge >= 0.3 is 0 Å². The minimum Gasteiger partial charge on any atom is -0.496 e. The molecule has 5 nitrogen and oxygen atoms in total. The molecule has 0 spiro atoms. The lowest BCUT2D eigenvalue weighted by Gasteiger charge is -2.11. The lowest BCUT2D eigenvalue weighted by molar-refractivity contribution is -0.114. The molecule has 2 aromatic carbocycles. The Labute approximate surface area is 127 Å². The molecule has 114 valence electrons. The third-order valence-corrected chi connectivity index (χ3v) is 2.85. The molecule has 0 heterocycles. The Balaban J connectivity index is 2.28. The molecule has 0 saturated carbocycles. The van der Waals surface area contributed by atoms with E-state index in [0.29, 0.717) is 17.1 Å². The van der Waals surface area contributed by atoms with E-state index in [0.717, 1.165) is 0 Å². The van der Waals surface area contributed by atoms with Gasteiger partial charge in [-0.05, 0) is 36.4 Å². The van der Waals surface area contributed by atoms with E-state index >= 15 is 0 Å². The van der Waals surface area contributed by atoms with Gasteiger partial charge in [-0.25, -0.2) is 4.39 Å². The average molecular weight is 302 g/mol. The Hall–Kier alpha value is -2.89. The fourth-order valence-electron chi connectivity index (χ4n) is 1.93. The van der Waals surface area contributed by atoms with Crippen molar-refractivity contribution in [3.63, 3.8) is 0 Å². The predicted octanol–water partition coefficient (Wildman–Crippen LogP) is 3.05. The number of carbonyl (C=O) groups excluding carboxylic acids is 2. The summed E-state index contributed by atoms with van der Waals surface area (Å²) >= 11 is 0. The molecule has 0 fully saturated rings. The molecule has 0 aliphatic heterocycles. The standard InChI is InChI=1S/C16H15FN2O3/c1-10(20)18-13-6-7-15(22-2)14(9-13)16(21)19-12-5-3-4-11(17)8-12/h3-9H,1-2H3,(H,18,20)(H,19,21). The maximum Gasteiger partial charge on any atom is 0.259 e. The highest BCUT2D eigenvalue weighted by Crippen LogP contribution is 2.24. The highest BCUT2D eigenvalue weighted by Gasteiger charge is 2.14. The second kappa shape index (κ2) is 6.71. The van der Waals surface area contributed by atoms with Crippen molar-refractivity contribution >= 4 is 23.2 Å². The van der Waals surface area contributed by atoms with Crippen LogP contribution in [-0.2, 0) is 4.79 Å². The van der Waals surface area contributed by atoms with Crippen LogP contribution in [0, 0.1) is 5.82 Å². The average Bonchev–Trinajstić information content (AvgIpc) is 2.46. The third kappa shape index (κ3) is 3.82. The van der Waals surface area contributed by atoms with Gasteiger partial charge in [-0.3, -0.25) is 9.59 Å². The third-order valence-electron chi connectivity index (χ3n) is 2.85. The van der Waals surface area contributed by atoms with Gasteiger partial charge in [0.05, 0.1) is 12.7 Å². The quantitative estimate of drug-likeness (QED) is 0.912. The Bertz CT molecular complexity index is 716. The van der Waals surface area contributed by atoms with E-state index in [1.807, 2.05) is 0 Å². The van der Waals surface area contributed by atoms with Crippen LogP contribution in [0.25, 0.3) is 0 Å². The van der Waals surface area contributed by atoms with E-state index in [1.165, 1.54) is 38.3 Å². The van der Waals surface area contributed by atoms with E-state index in [9.17, 15) is 14.0 Å². The number of halogens is 1. The van der Waals surface area contributed by atoms with Crippen molar-refractivity contribution in [2.45, 2.75) is 6.92 Å². The molecule has 2 aromatic rings. The smallest absolute Gasteiger partial charge is 0.259 e. The van der Waals surface area contributed by atoms with E-state index in [-0.39, 0.29) is 11.5 Å². The Morgan fingerprint density at radius 2 is 1.77 bits per heavy atom. The minimum atomic E-state index is -0.463. The molecule has 0 aliphatic carbocycles. The lowest BCUT2D eigenvalue weighted by atomic mass is 10.1. The summed E-state index contributed by atoms with van der Waals surface area (Å²) in [5, 5.41) is 5.17. The zero-order valence-corrected chi connectivity index (χ0v) is 12.1. The Morgan fingerprint density at radius 1 is 1.05 bits per heavy atom. The Morgan fingerprint density at radius 3 is 2.41 bits per heavy atom. The van der Waals surface area contributed by atoms with Crippen molar-refractivity contribution in [1.29, 1.82) is 0 Å². The Kier molecular flexibility index (Phi) is 4.73. The number of carbonyl (C=O) groups is 2. The number of hydrogen-bond donors (Lipinski definition) is 2. The fourth-order valence-corrected chi connectivity index (χ4v) is 1.93. The van der Waals surface area contributed by atoms with Gasteiger partial charge in [0, 0.05) is 18.3 Å². The molecule has 0 aromatic heterocycles. The largest absolute Gasteiger partial charge is 0.496 e. The van der Waals surface area contributed by atoms with E-state index in [2.05, 4.69) is 10.6 Å². The van der Waals surface area contributed by atoms with Crippen molar-refractivity contribution in [2.75, 3.05) is 17.7 Å². The summed E-state index contributed by atoms with van der Waals surface area (Å²) in [6, 6.07) is 10.3. The molecule has 6 heteroatoms. The van der Waals surface area contributed by atoms with Gasteiger partial charge < -0.3 is 15.4 Å². The summed E-state index contributed by atoms with van der Waals surface area (Å²) in [4.78, 5) is 23.4. The van der Waals surface area contributed by atoms with Crippen LogP contribution in [-0.4, -0.2) is 18.9 Å². The number of hydrogen-bond acceptors (Lipinski definition) is 3. The predicted molar refractivity (Wildman–Crippen MR) is 81.7 cm³/mol. The molecule has 0 atom stereocenters. The van der Waals surface area contributed by atoms with E-state index in [4.69, 9.17) is 4.74 Å². The first-order valence-electron chi connectivity index (χ1n) is 6.52. The maximum absolute atomic E-state index is 13.1. The molecule has 22 heavy (non-hydrogen) atoms. The first kappa shape index (κ1) is 15.5. The first-order chi connectivity index (χ1) is 10.5. The summed E-state index contributed by atoms with van der Waals surface area (Å²) in [5.74, 6) is -0.809. The van der Waals surface area contributed by atoms with Crippen LogP contribution < -0.4 is 15.4 Å².